The van der Waals surface area contributed by atoms with Crippen LogP contribution in [-0.2, 0) is 44.8 Å². The Kier molecular flexibility index (Phi) is 18.3. The molecule has 20 heteroatoms. The van der Waals surface area contributed by atoms with Gasteiger partial charge in [0.2, 0.25) is 27.8 Å². The van der Waals surface area contributed by atoms with Crippen LogP contribution in [0.2, 0.25) is 0 Å². The Balaban J connectivity index is 1.68. The van der Waals surface area contributed by atoms with E-state index in [-0.39, 0.29) is 41.1 Å². The summed E-state index contributed by atoms with van der Waals surface area (Å²) in [6.07, 6.45) is -1.96. The Hall–Kier alpha value is -6.27. The molecular weight excluding hydrogens is 904 g/mol. The fraction of sp³-hybridized carbons (Fsp3) is 0.383. The number of hydrogen-bond donors (Lipinski definition) is 5. The predicted molar refractivity (Wildman–Crippen MR) is 254 cm³/mol. The normalized spacial score (nSPS) is 13.4. The predicted octanol–water partition coefficient (Wildman–Crippen LogP) is 7.73. The minimum Gasteiger partial charge on any atom is -0.444 e. The fourth-order valence-electron chi connectivity index (χ4n) is 5.61. The van der Waals surface area contributed by atoms with E-state index in [2.05, 4.69) is 31.0 Å². The minimum absolute atomic E-state index is 0.0833. The van der Waals surface area contributed by atoms with Crippen LogP contribution >= 0.6 is 7.60 Å². The van der Waals surface area contributed by atoms with Gasteiger partial charge in [0.1, 0.15) is 34.8 Å². The van der Waals surface area contributed by atoms with Gasteiger partial charge in [0.25, 0.3) is 0 Å². The monoisotopic (exact) mass is 964 g/mol. The molecule has 0 bridgehead atoms. The number of carbonyl (C=O) groups excluding carboxylic acids is 4. The summed E-state index contributed by atoms with van der Waals surface area (Å²) in [5.41, 5.74) is -1.74. The molecule has 0 aromatic heterocycles. The van der Waals surface area contributed by atoms with Gasteiger partial charge >= 0.3 is 19.8 Å². The summed E-state index contributed by atoms with van der Waals surface area (Å²) in [5, 5.41) is 10.2. The summed E-state index contributed by atoms with van der Waals surface area (Å²) in [6.45, 7) is 16.2. The summed E-state index contributed by atoms with van der Waals surface area (Å²) in [4.78, 5) is 57.7. The number of ether oxygens (including phenoxy) is 3. The van der Waals surface area contributed by atoms with Crippen molar-refractivity contribution in [3.63, 3.8) is 0 Å². The number of carbonyl (C=O) groups is 4. The van der Waals surface area contributed by atoms with Gasteiger partial charge in [-0.15, -0.1) is 0 Å². The zero-order valence-electron chi connectivity index (χ0n) is 39.3. The van der Waals surface area contributed by atoms with E-state index in [0.717, 1.165) is 0 Å². The molecule has 3 atom stereocenters. The third-order valence-electron chi connectivity index (χ3n) is 8.59. The number of nitrogens with one attached hydrogen (secondary N) is 5. The molecule has 0 aliphatic heterocycles. The van der Waals surface area contributed by atoms with Gasteiger partial charge in [-0.1, -0.05) is 66.7 Å². The van der Waals surface area contributed by atoms with Crippen molar-refractivity contribution < 1.29 is 55.4 Å². The molecule has 0 aliphatic carbocycles. The molecule has 4 amide bonds. The van der Waals surface area contributed by atoms with Crippen molar-refractivity contribution in [1.29, 1.82) is 0 Å². The van der Waals surface area contributed by atoms with Crippen LogP contribution in [0.5, 0.6) is 11.5 Å². The number of para-hydroxylation sites is 2. The third-order valence-corrected chi connectivity index (χ3v) is 12.1. The average Bonchev–Trinajstić information content (AvgIpc) is 3.22. The molecule has 5 N–H and O–H groups in total. The number of rotatable bonds is 17. The van der Waals surface area contributed by atoms with E-state index >= 15 is 4.57 Å². The zero-order chi connectivity index (χ0) is 49.6. The first-order valence-corrected chi connectivity index (χ1v) is 24.4. The zero-order valence-corrected chi connectivity index (χ0v) is 41.0. The number of nitrogens with zero attached hydrogens (tertiary/aromatic N) is 1. The molecule has 4 aromatic carbocycles. The molecule has 0 fully saturated rings. The van der Waals surface area contributed by atoms with Crippen LogP contribution in [0, 0.1) is 0 Å². The Labute approximate surface area is 392 Å². The van der Waals surface area contributed by atoms with Gasteiger partial charge in [-0.25, -0.2) is 27.6 Å². The van der Waals surface area contributed by atoms with Crippen LogP contribution in [0.3, 0.4) is 0 Å². The smallest absolute Gasteiger partial charge is 0.444 e. The molecule has 4 aromatic rings. The number of guanidine groups is 1. The molecule has 4 rings (SSSR count). The maximum absolute atomic E-state index is 15.3. The Morgan fingerprint density at radius 1 is 0.627 bits per heavy atom. The molecule has 18 nitrogen and oxygen atoms in total. The first-order valence-electron chi connectivity index (χ1n) is 21.3. The first-order chi connectivity index (χ1) is 31.2. The van der Waals surface area contributed by atoms with Crippen LogP contribution in [0.4, 0.5) is 15.3 Å². The van der Waals surface area contributed by atoms with E-state index in [1.54, 1.807) is 153 Å². The minimum atomic E-state index is -4.48. The van der Waals surface area contributed by atoms with Crippen LogP contribution in [0.15, 0.2) is 125 Å². The van der Waals surface area contributed by atoms with Crippen LogP contribution in [-0.4, -0.2) is 79.7 Å². The van der Waals surface area contributed by atoms with Gasteiger partial charge in [0, 0.05) is 6.42 Å². The highest BCUT2D eigenvalue weighted by molar-refractivity contribution is 7.89. The second-order valence-corrected chi connectivity index (χ2v) is 21.9. The van der Waals surface area contributed by atoms with Crippen molar-refractivity contribution >= 4 is 53.3 Å². The van der Waals surface area contributed by atoms with Gasteiger partial charge < -0.3 is 33.9 Å². The topological polar surface area (TPSA) is 238 Å². The van der Waals surface area contributed by atoms with Gasteiger partial charge in [-0.3, -0.25) is 20.2 Å². The maximum atomic E-state index is 15.3. The number of alkyl carbamates (subject to hydrolysis) is 2. The van der Waals surface area contributed by atoms with Gasteiger partial charge in [0.15, 0.2) is 5.78 Å². The average molecular weight is 965 g/mol. The SMILES string of the molecule is C[C@H](NC(=O)[C@@H](COC(C)(C)C)NS(=O)(=O)c1ccccc1)C(=O)NC(Cc1ccc(N=C(NC(=O)OC(C)(C)C)NC(=O)OC(C)(C)C)cc1)P(=O)(Oc1ccccc1)Oc1ccccc1. The summed E-state index contributed by atoms with van der Waals surface area (Å²) in [6, 6.07) is 27.4. The molecule has 0 heterocycles. The Morgan fingerprint density at radius 2 is 1.09 bits per heavy atom. The Morgan fingerprint density at radius 3 is 1.54 bits per heavy atom. The molecule has 0 spiro atoms. The lowest BCUT2D eigenvalue weighted by Crippen LogP contribution is -2.55. The number of sulfonamides is 1. The van der Waals surface area contributed by atoms with Crippen molar-refractivity contribution in [3.8, 4) is 11.5 Å². The fourth-order valence-corrected chi connectivity index (χ4v) is 8.66. The van der Waals surface area contributed by atoms with E-state index in [9.17, 15) is 27.6 Å². The van der Waals surface area contributed by atoms with E-state index in [0.29, 0.717) is 5.56 Å². The van der Waals surface area contributed by atoms with E-state index in [4.69, 9.17) is 23.3 Å². The second kappa shape index (κ2) is 23.0. The highest BCUT2D eigenvalue weighted by atomic mass is 32.2. The molecule has 0 saturated carbocycles. The summed E-state index contributed by atoms with van der Waals surface area (Å²) in [5.74, 6) is -3.08. The van der Waals surface area contributed by atoms with Crippen molar-refractivity contribution in [3.05, 3.63) is 121 Å². The van der Waals surface area contributed by atoms with E-state index < -0.39 is 76.3 Å². The number of aliphatic imine (C=N–C) groups is 1. The van der Waals surface area contributed by atoms with Crippen molar-refractivity contribution in [2.24, 2.45) is 4.99 Å². The molecule has 67 heavy (non-hydrogen) atoms. The van der Waals surface area contributed by atoms with Crippen molar-refractivity contribution in [2.75, 3.05) is 6.61 Å². The van der Waals surface area contributed by atoms with E-state index in [1.165, 1.54) is 31.2 Å². The van der Waals surface area contributed by atoms with Crippen molar-refractivity contribution in [1.82, 2.24) is 26.0 Å². The second-order valence-electron chi connectivity index (χ2n) is 18.1. The maximum Gasteiger partial charge on any atom is 0.453 e. The number of hydrogen-bond acceptors (Lipinski definition) is 13. The van der Waals surface area contributed by atoms with Crippen LogP contribution < -0.4 is 35.0 Å². The van der Waals surface area contributed by atoms with Crippen LogP contribution in [0.1, 0.15) is 74.8 Å². The largest absolute Gasteiger partial charge is 0.453 e. The third kappa shape index (κ3) is 18.9. The number of amides is 4. The molecule has 0 radical (unpaired) electrons. The molecule has 1 unspecified atom stereocenters. The summed E-state index contributed by atoms with van der Waals surface area (Å²) in [7, 11) is -8.70. The lowest BCUT2D eigenvalue weighted by molar-refractivity contribution is -0.131. The lowest BCUT2D eigenvalue weighted by Gasteiger charge is -2.30. The van der Waals surface area contributed by atoms with Gasteiger partial charge in [-0.2, -0.15) is 4.72 Å². The first kappa shape index (κ1) is 53.3. The molecule has 362 valence electrons. The molecule has 0 saturated heterocycles. The summed E-state index contributed by atoms with van der Waals surface area (Å²) < 4.78 is 73.1. The molecule has 0 aliphatic rings. The number of benzene rings is 4. The van der Waals surface area contributed by atoms with Gasteiger partial charge in [-0.05, 0) is 123 Å². The highest BCUT2D eigenvalue weighted by Crippen LogP contribution is 2.53. The lowest BCUT2D eigenvalue weighted by atomic mass is 10.1. The Bertz CT molecular complexity index is 2400. The van der Waals surface area contributed by atoms with Gasteiger partial charge in [0.05, 0.1) is 22.8 Å². The van der Waals surface area contributed by atoms with Crippen LogP contribution in [0.25, 0.3) is 0 Å². The summed E-state index contributed by atoms with van der Waals surface area (Å²) >= 11 is 0. The quantitative estimate of drug-likeness (QED) is 0.0388. The highest BCUT2D eigenvalue weighted by Gasteiger charge is 2.42. The van der Waals surface area contributed by atoms with E-state index in [1.807, 2.05) is 0 Å². The molecular formula is C47H61N6O12PS. The standard InChI is InChI=1S/C47H61N6O12PS/c1-32(48-41(55)38(31-61-45(2,3)4)53-67(59,60)37-24-18-13-19-25-37)40(54)50-39(66(58,64-35-20-14-11-15-21-35)65-36-22-16-12-17-23-36)30-33-26-28-34(29-27-33)49-42(51-43(56)62-46(5,6)7)52-44(57)63-47(8,9)10/h11-29,32,38-39,53H,30-31H2,1-10H3,(H,48,55)(H,50,54)(H2,49,51,52,56,57)/t32-,38+,39?/m0/s1. The van der Waals surface area contributed by atoms with Crippen molar-refractivity contribution in [2.45, 2.75) is 115 Å².